The predicted octanol–water partition coefficient (Wildman–Crippen LogP) is 3.48. The SMILES string of the molecule is CCOCCOCCOCCOCCOCCC(=O)N[C@@H](CSCC(=O)O[C@@H](C(=O)O[C@H]1C[C@@]2(O)[C@@H](OC(=O)c3ccccc3)[C@@H]3[C@]4(OC(C)=O)CO[C@@H]4C[C@H](O)[C@@]3(C)C(=O)[C@H](OC(C)=O)C(=C1C)C2(C)C)[C@@H](NC(=O)c1ccccc1)c1ccccc1)C(N)=O. The number of Topliss-reactive ketones (excluding diaryl/α,β-unsaturated/α-hetero) is 1. The van der Waals surface area contributed by atoms with E-state index in [4.69, 9.17) is 57.8 Å². The van der Waals surface area contributed by atoms with Crippen LogP contribution in [0.3, 0.4) is 0 Å². The van der Waals surface area contributed by atoms with Gasteiger partial charge in [-0.25, -0.2) is 9.59 Å². The quantitative estimate of drug-likeness (QED) is 0.0252. The Morgan fingerprint density at radius 2 is 1.30 bits per heavy atom. The number of nitrogens with two attached hydrogens (primary N) is 1. The van der Waals surface area contributed by atoms with Gasteiger partial charge in [0.15, 0.2) is 17.5 Å². The minimum absolute atomic E-state index is 0.00799. The minimum Gasteiger partial charge on any atom is -0.455 e. The number of hydrogen-bond acceptors (Lipinski definition) is 23. The predicted molar refractivity (Wildman–Crippen MR) is 324 cm³/mol. The molecule has 3 amide bonds. The average Bonchev–Trinajstić information content (AvgIpc) is 0.671. The zero-order valence-corrected chi connectivity index (χ0v) is 53.0. The molecule has 0 aromatic heterocycles. The van der Waals surface area contributed by atoms with Crippen LogP contribution in [0.1, 0.15) is 100 Å². The number of primary amides is 1. The van der Waals surface area contributed by atoms with E-state index in [2.05, 4.69) is 10.6 Å². The number of ether oxygens (including phenoxy) is 11. The molecule has 1 heterocycles. The van der Waals surface area contributed by atoms with E-state index in [9.17, 15) is 43.8 Å². The summed E-state index contributed by atoms with van der Waals surface area (Å²) < 4.78 is 64.1. The Labute approximate surface area is 532 Å². The lowest BCUT2D eigenvalue weighted by molar-refractivity contribution is -0.346. The Kier molecular flexibility index (Phi) is 25.4. The van der Waals surface area contributed by atoms with Gasteiger partial charge < -0.3 is 78.7 Å². The summed E-state index contributed by atoms with van der Waals surface area (Å²) in [4.78, 5) is 127. The highest BCUT2D eigenvalue weighted by atomic mass is 32.2. The van der Waals surface area contributed by atoms with Gasteiger partial charge in [0.25, 0.3) is 5.91 Å². The van der Waals surface area contributed by atoms with Crippen molar-refractivity contribution in [1.82, 2.24) is 10.6 Å². The Bertz CT molecular complexity index is 3060. The highest BCUT2D eigenvalue weighted by Crippen LogP contribution is 2.64. The summed E-state index contributed by atoms with van der Waals surface area (Å²) >= 11 is 0.825. The highest BCUT2D eigenvalue weighted by molar-refractivity contribution is 8.00. The van der Waals surface area contributed by atoms with Crippen molar-refractivity contribution in [3.63, 3.8) is 0 Å². The molecule has 3 aromatic rings. The van der Waals surface area contributed by atoms with Crippen LogP contribution in [0.15, 0.2) is 102 Å². The molecular weight excluding hydrogens is 1210 g/mol. The molecular formula is C65H83N3O22S. The summed E-state index contributed by atoms with van der Waals surface area (Å²) in [5.74, 6) is -10.8. The molecule has 3 aliphatic carbocycles. The van der Waals surface area contributed by atoms with Crippen LogP contribution in [0.4, 0.5) is 0 Å². The zero-order chi connectivity index (χ0) is 66.1. The number of amides is 3. The number of fused-ring (bicyclic) bond motifs is 5. The number of aliphatic hydroxyl groups is 2. The molecule has 26 heteroatoms. The number of rotatable bonds is 33. The van der Waals surface area contributed by atoms with Crippen molar-refractivity contribution < 1.29 is 105 Å². The first kappa shape index (κ1) is 71.3. The monoisotopic (exact) mass is 1290 g/mol. The van der Waals surface area contributed by atoms with Crippen molar-refractivity contribution in [2.45, 2.75) is 128 Å². The number of carbonyl (C=O) groups is 9. The van der Waals surface area contributed by atoms with Crippen LogP contribution >= 0.6 is 11.8 Å². The number of hydrogen-bond donors (Lipinski definition) is 5. The van der Waals surface area contributed by atoms with E-state index in [1.165, 1.54) is 52.0 Å². The van der Waals surface area contributed by atoms with Gasteiger partial charge in [-0.05, 0) is 61.7 Å². The first-order valence-electron chi connectivity index (χ1n) is 30.2. The molecule has 7 rings (SSSR count). The van der Waals surface area contributed by atoms with Crippen LogP contribution in [-0.4, -0.2) is 202 Å². The van der Waals surface area contributed by atoms with Crippen LogP contribution in [0.2, 0.25) is 0 Å². The molecule has 6 N–H and O–H groups in total. The molecule has 496 valence electrons. The van der Waals surface area contributed by atoms with E-state index < -0.39 is 142 Å². The van der Waals surface area contributed by atoms with Crippen molar-refractivity contribution in [1.29, 1.82) is 0 Å². The maximum absolute atomic E-state index is 15.9. The van der Waals surface area contributed by atoms with Crippen LogP contribution < -0.4 is 16.4 Å². The first-order valence-corrected chi connectivity index (χ1v) is 31.3. The fourth-order valence-electron chi connectivity index (χ4n) is 12.4. The number of aliphatic hydroxyl groups excluding tert-OH is 1. The molecule has 0 spiro atoms. The molecule has 25 nitrogen and oxygen atoms in total. The van der Waals surface area contributed by atoms with Gasteiger partial charge in [-0.3, -0.25) is 33.6 Å². The lowest BCUT2D eigenvalue weighted by Crippen LogP contribution is -2.82. The molecule has 3 aromatic carbocycles. The largest absolute Gasteiger partial charge is 0.455 e. The Morgan fingerprint density at radius 3 is 1.84 bits per heavy atom. The number of thioether (sulfide) groups is 1. The average molecular weight is 1290 g/mol. The molecule has 3 fully saturated rings. The van der Waals surface area contributed by atoms with Gasteiger partial charge in [0, 0.05) is 56.4 Å². The molecule has 2 bridgehead atoms. The molecule has 91 heavy (non-hydrogen) atoms. The summed E-state index contributed by atoms with van der Waals surface area (Å²) in [7, 11) is 0. The second kappa shape index (κ2) is 32.4. The highest BCUT2D eigenvalue weighted by Gasteiger charge is 2.78. The van der Waals surface area contributed by atoms with E-state index in [1.807, 2.05) is 6.92 Å². The molecule has 1 saturated heterocycles. The lowest BCUT2D eigenvalue weighted by atomic mass is 9.44. The molecule has 1 aliphatic heterocycles. The molecule has 4 aliphatic rings. The molecule has 0 radical (unpaired) electrons. The van der Waals surface area contributed by atoms with Gasteiger partial charge in [-0.1, -0.05) is 80.6 Å². The molecule has 0 unspecified atom stereocenters. The van der Waals surface area contributed by atoms with Crippen molar-refractivity contribution in [3.05, 3.63) is 119 Å². The molecule has 12 atom stereocenters. The van der Waals surface area contributed by atoms with Gasteiger partial charge in [0.2, 0.25) is 17.9 Å². The maximum atomic E-state index is 15.9. The van der Waals surface area contributed by atoms with E-state index in [0.29, 0.717) is 46.2 Å². The van der Waals surface area contributed by atoms with Crippen LogP contribution in [0.25, 0.3) is 0 Å². The number of nitrogens with one attached hydrogen (secondary N) is 2. The van der Waals surface area contributed by atoms with Crippen molar-refractivity contribution in [2.75, 3.05) is 84.2 Å². The van der Waals surface area contributed by atoms with Crippen LogP contribution in [0, 0.1) is 16.7 Å². The third kappa shape index (κ3) is 16.9. The Balaban J connectivity index is 1.16. The van der Waals surface area contributed by atoms with Crippen molar-refractivity contribution in [3.8, 4) is 0 Å². The third-order valence-corrected chi connectivity index (χ3v) is 18.1. The van der Waals surface area contributed by atoms with Crippen LogP contribution in [-0.2, 0) is 85.7 Å². The molecule has 2 saturated carbocycles. The van der Waals surface area contributed by atoms with E-state index in [-0.39, 0.29) is 72.9 Å². The van der Waals surface area contributed by atoms with Crippen molar-refractivity contribution >= 4 is 65.1 Å². The van der Waals surface area contributed by atoms with Gasteiger partial charge in [0.1, 0.15) is 36.0 Å². The second-order valence-electron chi connectivity index (χ2n) is 23.3. The fraction of sp³-hybridized carbons (Fsp3) is 0.554. The second-order valence-corrected chi connectivity index (χ2v) is 24.3. The standard InChI is InChI=1S/C65H83N3O22S/c1-8-80-26-27-82-30-31-84-33-32-83-29-28-81-25-24-49(72)67-45(58(66)75)36-91-37-50(73)88-54(52(42-18-12-9-13-19-42)68-59(76)43-20-14-10-15-21-43)61(78)87-46-35-65(79)57(89-60(77)44-22-16-11-17-23-44)55-63(7,47(71)34-48-64(55,38-85-48)90-41(4)70)56(74)53(86-40(3)69)51(39(46)2)62(65,5)6/h9-23,45-48,52-55,57,71,79H,8,24-38H2,1-7H3,(H2,66,75)(H,67,72)(H,68,76)/t45-,46-,47-,48+,52-,53+,54+,55-,57-,63+,64-,65+/m0/s1. The number of benzene rings is 3. The van der Waals surface area contributed by atoms with Gasteiger partial charge in [-0.2, -0.15) is 0 Å². The third-order valence-electron chi connectivity index (χ3n) is 17.1. The van der Waals surface area contributed by atoms with Gasteiger partial charge in [-0.15, -0.1) is 11.8 Å². The Morgan fingerprint density at radius 1 is 0.736 bits per heavy atom. The Hall–Kier alpha value is -7.14. The minimum atomic E-state index is -2.54. The summed E-state index contributed by atoms with van der Waals surface area (Å²) in [5.41, 5.74) is -2.30. The van der Waals surface area contributed by atoms with Gasteiger partial charge in [0.05, 0.1) is 94.8 Å². The van der Waals surface area contributed by atoms with Gasteiger partial charge >= 0.3 is 29.8 Å². The van der Waals surface area contributed by atoms with E-state index >= 15 is 9.59 Å². The van der Waals surface area contributed by atoms with E-state index in [1.54, 1.807) is 66.7 Å². The number of carbonyl (C=O) groups excluding carboxylic acids is 9. The zero-order valence-electron chi connectivity index (χ0n) is 52.2. The number of ketones is 1. The summed E-state index contributed by atoms with van der Waals surface area (Å²) in [6.45, 7) is 13.1. The van der Waals surface area contributed by atoms with Crippen molar-refractivity contribution in [2.24, 2.45) is 22.5 Å². The number of esters is 5. The summed E-state index contributed by atoms with van der Waals surface area (Å²) in [6.07, 6.45) is -11.5. The fourth-order valence-corrected chi connectivity index (χ4v) is 13.2. The topological polar surface area (TPSA) is 346 Å². The maximum Gasteiger partial charge on any atom is 0.350 e. The normalized spacial score (nSPS) is 25.7. The smallest absolute Gasteiger partial charge is 0.350 e. The van der Waals surface area contributed by atoms with Crippen LogP contribution in [0.5, 0.6) is 0 Å². The first-order chi connectivity index (χ1) is 43.4. The lowest BCUT2D eigenvalue weighted by Gasteiger charge is -2.67. The summed E-state index contributed by atoms with van der Waals surface area (Å²) in [5, 5.41) is 31.7. The summed E-state index contributed by atoms with van der Waals surface area (Å²) in [6, 6.07) is 20.8. The van der Waals surface area contributed by atoms with E-state index in [0.717, 1.165) is 25.6 Å².